The van der Waals surface area contributed by atoms with Gasteiger partial charge in [0.15, 0.2) is 0 Å². The number of nitrogens with one attached hydrogen (secondary N) is 2. The molecule has 4 rings (SSSR count). The molecule has 156 valence electrons. The van der Waals surface area contributed by atoms with Crippen LogP contribution < -0.4 is 10.1 Å². The van der Waals surface area contributed by atoms with Gasteiger partial charge in [-0.1, -0.05) is 30.3 Å². The van der Waals surface area contributed by atoms with Gasteiger partial charge in [-0.2, -0.15) is 0 Å². The molecular weight excluding hydrogens is 378 g/mol. The van der Waals surface area contributed by atoms with E-state index in [0.717, 1.165) is 41.5 Å². The number of hydrogen-bond acceptors (Lipinski definition) is 3. The predicted octanol–water partition coefficient (Wildman–Crippen LogP) is 3.39. The van der Waals surface area contributed by atoms with E-state index in [1.54, 1.807) is 12.0 Å². The highest BCUT2D eigenvalue weighted by Crippen LogP contribution is 2.21. The van der Waals surface area contributed by atoms with Crippen molar-refractivity contribution in [3.8, 4) is 5.75 Å². The van der Waals surface area contributed by atoms with Crippen LogP contribution in [0.2, 0.25) is 0 Å². The molecule has 1 atom stereocenters. The first-order valence-corrected chi connectivity index (χ1v) is 10.4. The number of piperidine rings is 1. The number of carbonyl (C=O) groups excluding carboxylic acids is 2. The summed E-state index contributed by atoms with van der Waals surface area (Å²) in [6.07, 6.45) is 2.41. The van der Waals surface area contributed by atoms with Gasteiger partial charge in [0.25, 0.3) is 5.91 Å². The van der Waals surface area contributed by atoms with E-state index in [0.29, 0.717) is 25.3 Å². The maximum atomic E-state index is 12.9. The SMILES string of the molecule is COc1ccc(CCNC(=O)[C@H]2CCCN(C(=O)c3cc4ccccc4[nH]3)C2)cc1. The molecule has 2 N–H and O–H groups in total. The minimum atomic E-state index is -0.164. The van der Waals surface area contributed by atoms with E-state index in [1.165, 1.54) is 0 Å². The molecule has 1 aliphatic heterocycles. The average Bonchev–Trinajstić information content (AvgIpc) is 3.23. The molecule has 30 heavy (non-hydrogen) atoms. The summed E-state index contributed by atoms with van der Waals surface area (Å²) in [7, 11) is 1.64. The number of nitrogens with zero attached hydrogens (tertiary/aromatic N) is 1. The largest absolute Gasteiger partial charge is 0.497 e. The summed E-state index contributed by atoms with van der Waals surface area (Å²) in [5, 5.41) is 4.05. The van der Waals surface area contributed by atoms with E-state index in [-0.39, 0.29) is 17.7 Å². The van der Waals surface area contributed by atoms with Crippen molar-refractivity contribution in [2.24, 2.45) is 5.92 Å². The number of amides is 2. The first kappa shape index (κ1) is 20.0. The summed E-state index contributed by atoms with van der Waals surface area (Å²) in [4.78, 5) is 30.6. The first-order chi connectivity index (χ1) is 14.6. The third kappa shape index (κ3) is 4.48. The normalized spacial score (nSPS) is 16.4. The molecule has 1 aromatic heterocycles. The maximum Gasteiger partial charge on any atom is 0.270 e. The summed E-state index contributed by atoms with van der Waals surface area (Å²) in [6.45, 7) is 1.73. The molecular formula is C24H27N3O3. The third-order valence-electron chi connectivity index (χ3n) is 5.71. The van der Waals surface area contributed by atoms with Crippen LogP contribution in [-0.2, 0) is 11.2 Å². The third-order valence-corrected chi connectivity index (χ3v) is 5.71. The van der Waals surface area contributed by atoms with E-state index < -0.39 is 0 Å². The monoisotopic (exact) mass is 405 g/mol. The molecule has 1 saturated heterocycles. The van der Waals surface area contributed by atoms with Crippen LogP contribution in [0.25, 0.3) is 10.9 Å². The zero-order chi connectivity index (χ0) is 20.9. The van der Waals surface area contributed by atoms with E-state index in [2.05, 4.69) is 10.3 Å². The lowest BCUT2D eigenvalue weighted by molar-refractivity contribution is -0.126. The number of rotatable bonds is 6. The van der Waals surface area contributed by atoms with Gasteiger partial charge in [0.1, 0.15) is 11.4 Å². The van der Waals surface area contributed by atoms with Gasteiger partial charge in [0.05, 0.1) is 13.0 Å². The fourth-order valence-electron chi connectivity index (χ4n) is 4.00. The van der Waals surface area contributed by atoms with E-state index >= 15 is 0 Å². The van der Waals surface area contributed by atoms with Crippen LogP contribution in [0.15, 0.2) is 54.6 Å². The lowest BCUT2D eigenvalue weighted by Crippen LogP contribution is -2.45. The van der Waals surface area contributed by atoms with Gasteiger partial charge in [0.2, 0.25) is 5.91 Å². The Morgan fingerprint density at radius 2 is 1.97 bits per heavy atom. The van der Waals surface area contributed by atoms with E-state index in [4.69, 9.17) is 4.74 Å². The number of carbonyl (C=O) groups is 2. The number of para-hydroxylation sites is 1. The Morgan fingerprint density at radius 1 is 1.17 bits per heavy atom. The molecule has 0 saturated carbocycles. The molecule has 2 aromatic carbocycles. The number of methoxy groups -OCH3 is 1. The Morgan fingerprint density at radius 3 is 2.73 bits per heavy atom. The van der Waals surface area contributed by atoms with Crippen molar-refractivity contribution >= 4 is 22.7 Å². The smallest absolute Gasteiger partial charge is 0.270 e. The molecule has 6 heteroatoms. The lowest BCUT2D eigenvalue weighted by Gasteiger charge is -2.31. The average molecular weight is 405 g/mol. The number of aromatic amines is 1. The molecule has 0 bridgehead atoms. The minimum Gasteiger partial charge on any atom is -0.497 e. The lowest BCUT2D eigenvalue weighted by atomic mass is 9.96. The van der Waals surface area contributed by atoms with Gasteiger partial charge in [-0.15, -0.1) is 0 Å². The minimum absolute atomic E-state index is 0.0256. The molecule has 0 unspecified atom stereocenters. The Bertz CT molecular complexity index is 993. The Balaban J connectivity index is 1.31. The second-order valence-corrected chi connectivity index (χ2v) is 7.75. The van der Waals surface area contributed by atoms with Crippen LogP contribution in [0.4, 0.5) is 0 Å². The fourth-order valence-corrected chi connectivity index (χ4v) is 4.00. The molecule has 1 fully saturated rings. The Hall–Kier alpha value is -3.28. The van der Waals surface area contributed by atoms with Gasteiger partial charge >= 0.3 is 0 Å². The maximum absolute atomic E-state index is 12.9. The number of H-pyrrole nitrogens is 1. The first-order valence-electron chi connectivity index (χ1n) is 10.4. The molecule has 0 aliphatic carbocycles. The summed E-state index contributed by atoms with van der Waals surface area (Å²) in [5.41, 5.74) is 2.68. The van der Waals surface area contributed by atoms with Crippen molar-refractivity contribution in [2.75, 3.05) is 26.7 Å². The number of ether oxygens (including phenoxy) is 1. The van der Waals surface area contributed by atoms with Crippen molar-refractivity contribution in [1.29, 1.82) is 0 Å². The highest BCUT2D eigenvalue weighted by Gasteiger charge is 2.29. The van der Waals surface area contributed by atoms with Gasteiger partial charge < -0.3 is 19.9 Å². The van der Waals surface area contributed by atoms with Crippen molar-refractivity contribution in [2.45, 2.75) is 19.3 Å². The predicted molar refractivity (Wildman–Crippen MR) is 117 cm³/mol. The van der Waals surface area contributed by atoms with Gasteiger partial charge in [-0.25, -0.2) is 0 Å². The van der Waals surface area contributed by atoms with Gasteiger partial charge in [-0.05, 0) is 49.1 Å². The topological polar surface area (TPSA) is 74.4 Å². The molecule has 2 amide bonds. The standard InChI is InChI=1S/C24H27N3O3/c1-30-20-10-8-17(9-11-20)12-13-25-23(28)19-6-4-14-27(16-19)24(29)22-15-18-5-2-3-7-21(18)26-22/h2-3,5,7-11,15,19,26H,4,6,12-14,16H2,1H3,(H,25,28)/t19-/m0/s1. The van der Waals surface area contributed by atoms with Gasteiger partial charge in [0, 0.05) is 30.5 Å². The Labute approximate surface area is 176 Å². The number of likely N-dealkylation sites (tertiary alicyclic amines) is 1. The summed E-state index contributed by atoms with van der Waals surface area (Å²) >= 11 is 0. The second kappa shape index (κ2) is 9.03. The second-order valence-electron chi connectivity index (χ2n) is 7.75. The highest BCUT2D eigenvalue weighted by molar-refractivity contribution is 5.98. The molecule has 0 spiro atoms. The summed E-state index contributed by atoms with van der Waals surface area (Å²) in [6, 6.07) is 17.6. The summed E-state index contributed by atoms with van der Waals surface area (Å²) < 4.78 is 5.17. The Kier molecular flexibility index (Phi) is 6.02. The van der Waals surface area contributed by atoms with Gasteiger partial charge in [-0.3, -0.25) is 9.59 Å². The van der Waals surface area contributed by atoms with Crippen molar-refractivity contribution < 1.29 is 14.3 Å². The van der Waals surface area contributed by atoms with Crippen LogP contribution in [0.1, 0.15) is 28.9 Å². The van der Waals surface area contributed by atoms with Crippen molar-refractivity contribution in [3.05, 3.63) is 65.9 Å². The number of aromatic nitrogens is 1. The molecule has 2 heterocycles. The highest BCUT2D eigenvalue weighted by atomic mass is 16.5. The van der Waals surface area contributed by atoms with Crippen LogP contribution in [-0.4, -0.2) is 48.4 Å². The quantitative estimate of drug-likeness (QED) is 0.660. The van der Waals surface area contributed by atoms with Crippen LogP contribution in [0.3, 0.4) is 0 Å². The van der Waals surface area contributed by atoms with E-state index in [1.807, 2.05) is 54.6 Å². The molecule has 0 radical (unpaired) electrons. The van der Waals surface area contributed by atoms with Crippen LogP contribution in [0.5, 0.6) is 5.75 Å². The van der Waals surface area contributed by atoms with E-state index in [9.17, 15) is 9.59 Å². The number of benzene rings is 2. The summed E-state index contributed by atoms with van der Waals surface area (Å²) in [5.74, 6) is 0.646. The molecule has 1 aliphatic rings. The number of fused-ring (bicyclic) bond motifs is 1. The fraction of sp³-hybridized carbons (Fsp3) is 0.333. The zero-order valence-electron chi connectivity index (χ0n) is 17.2. The molecule has 6 nitrogen and oxygen atoms in total. The number of hydrogen-bond donors (Lipinski definition) is 2. The van der Waals surface area contributed by atoms with Crippen LogP contribution >= 0.6 is 0 Å². The van der Waals surface area contributed by atoms with Crippen molar-refractivity contribution in [1.82, 2.24) is 15.2 Å². The van der Waals surface area contributed by atoms with Crippen LogP contribution in [0, 0.1) is 5.92 Å². The van der Waals surface area contributed by atoms with Crippen molar-refractivity contribution in [3.63, 3.8) is 0 Å². The zero-order valence-corrected chi connectivity index (χ0v) is 17.2. The molecule has 3 aromatic rings.